The van der Waals surface area contributed by atoms with Crippen molar-refractivity contribution in [3.63, 3.8) is 0 Å². The number of benzene rings is 2. The van der Waals surface area contributed by atoms with Gasteiger partial charge in [0.1, 0.15) is 5.75 Å². The summed E-state index contributed by atoms with van der Waals surface area (Å²) in [6, 6.07) is 15.9. The maximum atomic E-state index is 5.69. The Bertz CT molecular complexity index is 793. The van der Waals surface area contributed by atoms with Gasteiger partial charge in [0.2, 0.25) is 11.7 Å². The molecule has 3 rings (SSSR count). The SMILES string of the molecule is CC(C)COc1ccc(Cc2nc(-c3ccc(CN)cc3)no2)cc1. The summed E-state index contributed by atoms with van der Waals surface area (Å²) in [5.41, 5.74) is 8.71. The number of aromatic nitrogens is 2. The lowest BCUT2D eigenvalue weighted by Gasteiger charge is -2.08. The second-order valence-corrected chi connectivity index (χ2v) is 6.44. The lowest BCUT2D eigenvalue weighted by molar-refractivity contribution is 0.271. The molecule has 0 aliphatic carbocycles. The van der Waals surface area contributed by atoms with Crippen LogP contribution in [0.4, 0.5) is 0 Å². The van der Waals surface area contributed by atoms with E-state index in [4.69, 9.17) is 15.0 Å². The van der Waals surface area contributed by atoms with E-state index in [9.17, 15) is 0 Å². The van der Waals surface area contributed by atoms with Gasteiger partial charge in [-0.3, -0.25) is 0 Å². The molecule has 0 radical (unpaired) electrons. The molecule has 0 bridgehead atoms. The van der Waals surface area contributed by atoms with Crippen LogP contribution >= 0.6 is 0 Å². The van der Waals surface area contributed by atoms with Gasteiger partial charge >= 0.3 is 0 Å². The zero-order valence-electron chi connectivity index (χ0n) is 14.6. The lowest BCUT2D eigenvalue weighted by Crippen LogP contribution is -2.04. The van der Waals surface area contributed by atoms with Crippen molar-refractivity contribution in [2.24, 2.45) is 11.7 Å². The van der Waals surface area contributed by atoms with Crippen molar-refractivity contribution in [1.82, 2.24) is 10.1 Å². The summed E-state index contributed by atoms with van der Waals surface area (Å²) in [4.78, 5) is 4.47. The first-order valence-corrected chi connectivity index (χ1v) is 8.47. The summed E-state index contributed by atoms with van der Waals surface area (Å²) < 4.78 is 11.1. The van der Waals surface area contributed by atoms with E-state index in [1.54, 1.807) is 0 Å². The summed E-state index contributed by atoms with van der Waals surface area (Å²) >= 11 is 0. The molecule has 2 N–H and O–H groups in total. The molecule has 0 spiro atoms. The van der Waals surface area contributed by atoms with Crippen LogP contribution in [-0.2, 0) is 13.0 Å². The van der Waals surface area contributed by atoms with E-state index in [2.05, 4.69) is 24.0 Å². The molecular formula is C20H23N3O2. The third-order valence-corrected chi connectivity index (χ3v) is 3.78. The maximum Gasteiger partial charge on any atom is 0.231 e. The smallest absolute Gasteiger partial charge is 0.231 e. The van der Waals surface area contributed by atoms with Crippen molar-refractivity contribution < 1.29 is 9.26 Å². The Kier molecular flexibility index (Phi) is 5.46. The van der Waals surface area contributed by atoms with Crippen molar-refractivity contribution >= 4 is 0 Å². The van der Waals surface area contributed by atoms with Crippen molar-refractivity contribution in [3.8, 4) is 17.1 Å². The molecule has 0 aliphatic heterocycles. The third kappa shape index (κ3) is 4.67. The van der Waals surface area contributed by atoms with Crippen LogP contribution in [0.3, 0.4) is 0 Å². The fraction of sp³-hybridized carbons (Fsp3) is 0.300. The highest BCUT2D eigenvalue weighted by Gasteiger charge is 2.09. The molecule has 0 aliphatic rings. The Hall–Kier alpha value is -2.66. The molecule has 1 heterocycles. The number of rotatable bonds is 7. The second kappa shape index (κ2) is 7.94. The zero-order valence-corrected chi connectivity index (χ0v) is 14.6. The van der Waals surface area contributed by atoms with Gasteiger partial charge < -0.3 is 15.0 Å². The molecule has 0 saturated carbocycles. The van der Waals surface area contributed by atoms with Crippen LogP contribution in [0.25, 0.3) is 11.4 Å². The van der Waals surface area contributed by atoms with E-state index >= 15 is 0 Å². The molecule has 3 aromatic rings. The van der Waals surface area contributed by atoms with Gasteiger partial charge in [-0.2, -0.15) is 4.98 Å². The zero-order chi connectivity index (χ0) is 17.6. The number of nitrogens with two attached hydrogens (primary N) is 1. The van der Waals surface area contributed by atoms with E-state index in [0.29, 0.717) is 30.6 Å². The normalized spacial score (nSPS) is 11.0. The fourth-order valence-corrected chi connectivity index (χ4v) is 2.37. The Morgan fingerprint density at radius 2 is 1.68 bits per heavy atom. The second-order valence-electron chi connectivity index (χ2n) is 6.44. The van der Waals surface area contributed by atoms with Crippen LogP contribution in [0.1, 0.15) is 30.9 Å². The molecular weight excluding hydrogens is 314 g/mol. The fourth-order valence-electron chi connectivity index (χ4n) is 2.37. The Balaban J connectivity index is 1.64. The van der Waals surface area contributed by atoms with E-state index < -0.39 is 0 Å². The number of nitrogens with zero attached hydrogens (tertiary/aromatic N) is 2. The Morgan fingerprint density at radius 1 is 1.00 bits per heavy atom. The summed E-state index contributed by atoms with van der Waals surface area (Å²) in [5, 5.41) is 4.06. The van der Waals surface area contributed by atoms with Gasteiger partial charge in [-0.25, -0.2) is 0 Å². The Labute approximate surface area is 147 Å². The highest BCUT2D eigenvalue weighted by Crippen LogP contribution is 2.19. The molecule has 5 heteroatoms. The number of hydrogen-bond acceptors (Lipinski definition) is 5. The minimum atomic E-state index is 0.510. The predicted octanol–water partition coefficient (Wildman–Crippen LogP) is 3.82. The molecule has 130 valence electrons. The molecule has 0 saturated heterocycles. The molecule has 5 nitrogen and oxygen atoms in total. The van der Waals surface area contributed by atoms with E-state index in [1.807, 2.05) is 48.5 Å². The van der Waals surface area contributed by atoms with E-state index in [0.717, 1.165) is 29.0 Å². The number of hydrogen-bond donors (Lipinski definition) is 1. The summed E-state index contributed by atoms with van der Waals surface area (Å²) in [6.07, 6.45) is 0.596. The van der Waals surface area contributed by atoms with Gasteiger partial charge in [0, 0.05) is 12.1 Å². The standard InChI is InChI=1S/C20H23N3O2/c1-14(2)13-24-18-9-5-15(6-10-18)11-19-22-20(23-25-19)17-7-3-16(12-21)4-8-17/h3-10,14H,11-13,21H2,1-2H3. The minimum Gasteiger partial charge on any atom is -0.493 e. The molecule has 1 aromatic heterocycles. The monoisotopic (exact) mass is 337 g/mol. The Morgan fingerprint density at radius 3 is 2.32 bits per heavy atom. The highest BCUT2D eigenvalue weighted by atomic mass is 16.5. The summed E-state index contributed by atoms with van der Waals surface area (Å²) in [7, 11) is 0. The van der Waals surface area contributed by atoms with Gasteiger partial charge in [0.05, 0.1) is 13.0 Å². The first kappa shape index (κ1) is 17.2. The predicted molar refractivity (Wildman–Crippen MR) is 97.2 cm³/mol. The van der Waals surface area contributed by atoms with Crippen molar-refractivity contribution in [3.05, 3.63) is 65.5 Å². The molecule has 0 amide bonds. The van der Waals surface area contributed by atoms with Crippen LogP contribution in [-0.4, -0.2) is 16.7 Å². The van der Waals surface area contributed by atoms with Gasteiger partial charge in [-0.15, -0.1) is 0 Å². The topological polar surface area (TPSA) is 74.2 Å². The summed E-state index contributed by atoms with van der Waals surface area (Å²) in [5.74, 6) is 2.57. The van der Waals surface area contributed by atoms with Crippen molar-refractivity contribution in [2.75, 3.05) is 6.61 Å². The van der Waals surface area contributed by atoms with Gasteiger partial charge in [0.15, 0.2) is 0 Å². The van der Waals surface area contributed by atoms with Gasteiger partial charge in [0.25, 0.3) is 0 Å². The highest BCUT2D eigenvalue weighted by molar-refractivity contribution is 5.54. The van der Waals surface area contributed by atoms with Crippen LogP contribution < -0.4 is 10.5 Å². The quantitative estimate of drug-likeness (QED) is 0.709. The van der Waals surface area contributed by atoms with Crippen molar-refractivity contribution in [1.29, 1.82) is 0 Å². The third-order valence-electron chi connectivity index (χ3n) is 3.78. The average Bonchev–Trinajstić information content (AvgIpc) is 3.09. The van der Waals surface area contributed by atoms with Gasteiger partial charge in [-0.1, -0.05) is 55.4 Å². The average molecular weight is 337 g/mol. The van der Waals surface area contributed by atoms with E-state index in [1.165, 1.54) is 0 Å². The molecule has 0 fully saturated rings. The molecule has 2 aromatic carbocycles. The lowest BCUT2D eigenvalue weighted by atomic mass is 10.1. The maximum absolute atomic E-state index is 5.69. The molecule has 0 unspecified atom stereocenters. The van der Waals surface area contributed by atoms with Crippen molar-refractivity contribution in [2.45, 2.75) is 26.8 Å². The summed E-state index contributed by atoms with van der Waals surface area (Å²) in [6.45, 7) is 5.50. The number of ether oxygens (including phenoxy) is 1. The van der Waals surface area contributed by atoms with Crippen LogP contribution in [0.15, 0.2) is 53.1 Å². The minimum absolute atomic E-state index is 0.510. The largest absolute Gasteiger partial charge is 0.493 e. The van der Waals surface area contributed by atoms with Crippen LogP contribution in [0.2, 0.25) is 0 Å². The first-order chi connectivity index (χ1) is 12.1. The van der Waals surface area contributed by atoms with Gasteiger partial charge in [-0.05, 0) is 29.2 Å². The molecule has 0 atom stereocenters. The first-order valence-electron chi connectivity index (χ1n) is 8.47. The van der Waals surface area contributed by atoms with E-state index in [-0.39, 0.29) is 0 Å². The molecule has 25 heavy (non-hydrogen) atoms. The van der Waals surface area contributed by atoms with Crippen LogP contribution in [0, 0.1) is 5.92 Å². The van der Waals surface area contributed by atoms with Crippen LogP contribution in [0.5, 0.6) is 5.75 Å².